The van der Waals surface area contributed by atoms with Gasteiger partial charge in [-0.1, -0.05) is 28.1 Å². The topological polar surface area (TPSA) is 79.5 Å². The van der Waals surface area contributed by atoms with Crippen LogP contribution >= 0.6 is 15.9 Å². The van der Waals surface area contributed by atoms with Crippen LogP contribution in [-0.4, -0.2) is 17.0 Å². The molecule has 2 N–H and O–H groups in total. The SMILES string of the molecule is CC(NC(=O)c1ccc(C(=O)O)o1)c1ccc(Br)cc1. The molecule has 2 aromatic rings. The van der Waals surface area contributed by atoms with Crippen molar-refractivity contribution in [2.75, 3.05) is 0 Å². The number of carboxylic acids is 1. The second-order valence-electron chi connectivity index (χ2n) is 4.22. The molecule has 0 aliphatic carbocycles. The van der Waals surface area contributed by atoms with Crippen molar-refractivity contribution < 1.29 is 19.1 Å². The molecule has 0 aliphatic heterocycles. The lowest BCUT2D eigenvalue weighted by Crippen LogP contribution is -2.26. The fourth-order valence-electron chi connectivity index (χ4n) is 1.68. The van der Waals surface area contributed by atoms with Gasteiger partial charge in [-0.25, -0.2) is 4.79 Å². The van der Waals surface area contributed by atoms with Crippen LogP contribution in [0.2, 0.25) is 0 Å². The van der Waals surface area contributed by atoms with Gasteiger partial charge in [-0.05, 0) is 36.8 Å². The first-order valence-corrected chi connectivity index (χ1v) is 6.66. The third kappa shape index (κ3) is 3.27. The van der Waals surface area contributed by atoms with E-state index in [9.17, 15) is 9.59 Å². The molecule has 104 valence electrons. The number of amides is 1. The van der Waals surface area contributed by atoms with Crippen LogP contribution in [0.4, 0.5) is 0 Å². The third-order valence-electron chi connectivity index (χ3n) is 2.76. The smallest absolute Gasteiger partial charge is 0.371 e. The van der Waals surface area contributed by atoms with E-state index in [0.717, 1.165) is 10.0 Å². The Morgan fingerprint density at radius 3 is 2.30 bits per heavy atom. The summed E-state index contributed by atoms with van der Waals surface area (Å²) in [4.78, 5) is 22.6. The molecule has 0 spiro atoms. The fourth-order valence-corrected chi connectivity index (χ4v) is 1.94. The average Bonchev–Trinajstić information content (AvgIpc) is 2.89. The summed E-state index contributed by atoms with van der Waals surface area (Å²) in [7, 11) is 0. The molecule has 2 rings (SSSR count). The Kier molecular flexibility index (Phi) is 4.24. The maximum atomic E-state index is 11.9. The number of carbonyl (C=O) groups is 2. The first-order valence-electron chi connectivity index (χ1n) is 5.87. The molecule has 20 heavy (non-hydrogen) atoms. The highest BCUT2D eigenvalue weighted by atomic mass is 79.9. The number of hydrogen-bond acceptors (Lipinski definition) is 3. The molecule has 0 aliphatic rings. The van der Waals surface area contributed by atoms with E-state index in [-0.39, 0.29) is 17.6 Å². The van der Waals surface area contributed by atoms with Gasteiger partial charge in [0.05, 0.1) is 6.04 Å². The zero-order valence-electron chi connectivity index (χ0n) is 10.6. The van der Waals surface area contributed by atoms with Crippen molar-refractivity contribution in [1.29, 1.82) is 0 Å². The van der Waals surface area contributed by atoms with Gasteiger partial charge in [0.25, 0.3) is 5.91 Å². The van der Waals surface area contributed by atoms with Crippen LogP contribution in [0.25, 0.3) is 0 Å². The van der Waals surface area contributed by atoms with Gasteiger partial charge in [-0.3, -0.25) is 4.79 Å². The lowest BCUT2D eigenvalue weighted by molar-refractivity contribution is 0.0659. The van der Waals surface area contributed by atoms with Crippen LogP contribution in [0.5, 0.6) is 0 Å². The van der Waals surface area contributed by atoms with E-state index >= 15 is 0 Å². The normalized spacial score (nSPS) is 11.9. The van der Waals surface area contributed by atoms with Crippen molar-refractivity contribution in [2.24, 2.45) is 0 Å². The minimum Gasteiger partial charge on any atom is -0.475 e. The summed E-state index contributed by atoms with van der Waals surface area (Å²) in [6.07, 6.45) is 0. The number of aromatic carboxylic acids is 1. The predicted octanol–water partition coefficient (Wildman–Crippen LogP) is 3.23. The van der Waals surface area contributed by atoms with Crippen LogP contribution in [0.1, 0.15) is 39.6 Å². The molecular weight excluding hydrogens is 326 g/mol. The van der Waals surface area contributed by atoms with E-state index in [4.69, 9.17) is 9.52 Å². The molecule has 0 bridgehead atoms. The molecule has 6 heteroatoms. The zero-order chi connectivity index (χ0) is 14.7. The Balaban J connectivity index is 2.06. The Morgan fingerprint density at radius 1 is 1.15 bits per heavy atom. The molecule has 5 nitrogen and oxygen atoms in total. The molecule has 1 amide bonds. The Hall–Kier alpha value is -2.08. The van der Waals surface area contributed by atoms with Crippen molar-refractivity contribution in [3.8, 4) is 0 Å². The number of nitrogens with one attached hydrogen (secondary N) is 1. The van der Waals surface area contributed by atoms with E-state index in [1.165, 1.54) is 12.1 Å². The minimum absolute atomic E-state index is 0.0219. The van der Waals surface area contributed by atoms with Crippen molar-refractivity contribution in [3.63, 3.8) is 0 Å². The Labute approximate surface area is 123 Å². The van der Waals surface area contributed by atoms with Gasteiger partial charge in [0, 0.05) is 4.47 Å². The van der Waals surface area contributed by atoms with Gasteiger partial charge in [0.2, 0.25) is 5.76 Å². The first-order chi connectivity index (χ1) is 9.47. The maximum Gasteiger partial charge on any atom is 0.371 e. The van der Waals surface area contributed by atoms with Gasteiger partial charge in [-0.15, -0.1) is 0 Å². The van der Waals surface area contributed by atoms with Crippen molar-refractivity contribution in [3.05, 3.63) is 58.0 Å². The number of carbonyl (C=O) groups excluding carboxylic acids is 1. The highest BCUT2D eigenvalue weighted by Crippen LogP contribution is 2.17. The zero-order valence-corrected chi connectivity index (χ0v) is 12.2. The van der Waals surface area contributed by atoms with Gasteiger partial charge in [0.1, 0.15) is 0 Å². The van der Waals surface area contributed by atoms with Crippen molar-refractivity contribution >= 4 is 27.8 Å². The first kappa shape index (κ1) is 14.3. The van der Waals surface area contributed by atoms with Gasteiger partial charge < -0.3 is 14.8 Å². The molecule has 0 fully saturated rings. The summed E-state index contributed by atoms with van der Waals surface area (Å²) < 4.78 is 5.90. The number of halogens is 1. The highest BCUT2D eigenvalue weighted by Gasteiger charge is 2.17. The fraction of sp³-hybridized carbons (Fsp3) is 0.143. The van der Waals surface area contributed by atoms with Crippen LogP contribution in [0.15, 0.2) is 45.3 Å². The van der Waals surface area contributed by atoms with E-state index in [1.807, 2.05) is 31.2 Å². The second kappa shape index (κ2) is 5.92. The summed E-state index contributed by atoms with van der Waals surface area (Å²) in [5.41, 5.74) is 0.937. The molecule has 1 unspecified atom stereocenters. The van der Waals surface area contributed by atoms with E-state index in [2.05, 4.69) is 21.2 Å². The maximum absolute atomic E-state index is 11.9. The number of rotatable bonds is 4. The minimum atomic E-state index is -1.20. The lowest BCUT2D eigenvalue weighted by atomic mass is 10.1. The molecule has 1 aromatic heterocycles. The van der Waals surface area contributed by atoms with E-state index in [0.29, 0.717) is 0 Å². The quantitative estimate of drug-likeness (QED) is 0.897. The molecular formula is C14H12BrNO4. The molecule has 0 radical (unpaired) electrons. The summed E-state index contributed by atoms with van der Waals surface area (Å²) in [5, 5.41) is 11.5. The summed E-state index contributed by atoms with van der Waals surface area (Å²) in [6.45, 7) is 1.84. The van der Waals surface area contributed by atoms with Crippen molar-refractivity contribution in [1.82, 2.24) is 5.32 Å². The predicted molar refractivity (Wildman–Crippen MR) is 75.7 cm³/mol. The van der Waals surface area contributed by atoms with Gasteiger partial charge in [0.15, 0.2) is 5.76 Å². The molecule has 0 saturated carbocycles. The number of benzene rings is 1. The molecule has 1 atom stereocenters. The summed E-state index contributed by atoms with van der Waals surface area (Å²) in [5.74, 6) is -1.93. The molecule has 1 aromatic carbocycles. The van der Waals surface area contributed by atoms with Crippen LogP contribution in [0.3, 0.4) is 0 Å². The lowest BCUT2D eigenvalue weighted by Gasteiger charge is -2.13. The van der Waals surface area contributed by atoms with Crippen LogP contribution < -0.4 is 5.32 Å². The standard InChI is InChI=1S/C14H12BrNO4/c1-8(9-2-4-10(15)5-3-9)16-13(17)11-6-7-12(20-11)14(18)19/h2-8H,1H3,(H,16,17)(H,18,19). The largest absolute Gasteiger partial charge is 0.475 e. The van der Waals surface area contributed by atoms with Gasteiger partial charge in [-0.2, -0.15) is 0 Å². The van der Waals surface area contributed by atoms with E-state index < -0.39 is 11.9 Å². The molecule has 0 saturated heterocycles. The number of furan rings is 1. The van der Waals surface area contributed by atoms with Crippen LogP contribution in [-0.2, 0) is 0 Å². The summed E-state index contributed by atoms with van der Waals surface area (Å²) >= 11 is 3.34. The third-order valence-corrected chi connectivity index (χ3v) is 3.29. The Morgan fingerprint density at radius 2 is 1.75 bits per heavy atom. The average molecular weight is 338 g/mol. The Bertz CT molecular complexity index is 633. The molecule has 1 heterocycles. The van der Waals surface area contributed by atoms with Gasteiger partial charge >= 0.3 is 5.97 Å². The van der Waals surface area contributed by atoms with E-state index in [1.54, 1.807) is 0 Å². The number of hydrogen-bond donors (Lipinski definition) is 2. The number of carboxylic acid groups (broad SMARTS) is 1. The van der Waals surface area contributed by atoms with Crippen LogP contribution in [0, 0.1) is 0 Å². The van der Waals surface area contributed by atoms with Crippen molar-refractivity contribution in [2.45, 2.75) is 13.0 Å². The summed E-state index contributed by atoms with van der Waals surface area (Å²) in [6, 6.07) is 9.92. The second-order valence-corrected chi connectivity index (χ2v) is 5.13. The monoisotopic (exact) mass is 337 g/mol. The highest BCUT2D eigenvalue weighted by molar-refractivity contribution is 9.10.